The van der Waals surface area contributed by atoms with Crippen molar-refractivity contribution in [3.8, 4) is 17.0 Å². The van der Waals surface area contributed by atoms with Crippen LogP contribution in [0.1, 0.15) is 5.01 Å². The topological polar surface area (TPSA) is 51.7 Å². The number of aromatic nitrogens is 1. The van der Waals surface area contributed by atoms with Crippen LogP contribution in [-0.2, 0) is 11.2 Å². The zero-order chi connectivity index (χ0) is 14.7. The fraction of sp³-hybridized carbons (Fsp3) is 0.333. The van der Waals surface area contributed by atoms with Crippen LogP contribution >= 0.6 is 11.3 Å². The van der Waals surface area contributed by atoms with Crippen molar-refractivity contribution in [2.24, 2.45) is 0 Å². The zero-order valence-corrected chi connectivity index (χ0v) is 12.6. The van der Waals surface area contributed by atoms with E-state index in [1.54, 1.807) is 23.3 Å². The summed E-state index contributed by atoms with van der Waals surface area (Å²) < 4.78 is 10.1. The molecule has 3 rings (SSSR count). The van der Waals surface area contributed by atoms with Crippen LogP contribution in [0.15, 0.2) is 29.6 Å². The van der Waals surface area contributed by atoms with Gasteiger partial charge in [-0.3, -0.25) is 0 Å². The lowest BCUT2D eigenvalue weighted by Gasteiger charge is -2.10. The molecule has 0 N–H and O–H groups in total. The third-order valence-corrected chi connectivity index (χ3v) is 4.27. The van der Waals surface area contributed by atoms with Crippen molar-refractivity contribution in [1.82, 2.24) is 9.88 Å². The SMILES string of the molecule is COc1cccc(-c2csc(CCN3CCOC3=O)n2)c1. The second-order valence-electron chi connectivity index (χ2n) is 4.71. The molecular weight excluding hydrogens is 288 g/mol. The van der Waals surface area contributed by atoms with Gasteiger partial charge in [0.2, 0.25) is 0 Å². The Kier molecular flexibility index (Phi) is 4.06. The van der Waals surface area contributed by atoms with Crippen LogP contribution < -0.4 is 4.74 Å². The number of methoxy groups -OCH3 is 1. The number of thiazole rings is 1. The average molecular weight is 304 g/mol. The molecule has 110 valence electrons. The zero-order valence-electron chi connectivity index (χ0n) is 11.7. The summed E-state index contributed by atoms with van der Waals surface area (Å²) in [5.74, 6) is 0.821. The van der Waals surface area contributed by atoms with Gasteiger partial charge in [-0.05, 0) is 12.1 Å². The highest BCUT2D eigenvalue weighted by atomic mass is 32.1. The summed E-state index contributed by atoms with van der Waals surface area (Å²) in [5, 5.41) is 3.05. The summed E-state index contributed by atoms with van der Waals surface area (Å²) in [4.78, 5) is 17.7. The maximum absolute atomic E-state index is 11.4. The van der Waals surface area contributed by atoms with Crippen molar-refractivity contribution in [2.45, 2.75) is 6.42 Å². The number of amides is 1. The van der Waals surface area contributed by atoms with Gasteiger partial charge in [-0.15, -0.1) is 11.3 Å². The van der Waals surface area contributed by atoms with Crippen molar-refractivity contribution in [3.63, 3.8) is 0 Å². The van der Waals surface area contributed by atoms with Crippen molar-refractivity contribution >= 4 is 17.4 Å². The Balaban J connectivity index is 1.66. The van der Waals surface area contributed by atoms with Crippen LogP contribution in [-0.4, -0.2) is 42.8 Å². The Morgan fingerprint density at radius 2 is 2.38 bits per heavy atom. The summed E-state index contributed by atoms with van der Waals surface area (Å²) in [6.45, 7) is 1.82. The minimum Gasteiger partial charge on any atom is -0.497 e. The van der Waals surface area contributed by atoms with Gasteiger partial charge in [-0.25, -0.2) is 9.78 Å². The lowest BCUT2D eigenvalue weighted by atomic mass is 10.2. The van der Waals surface area contributed by atoms with Gasteiger partial charge in [-0.1, -0.05) is 12.1 Å². The first-order chi connectivity index (χ1) is 10.3. The van der Waals surface area contributed by atoms with E-state index < -0.39 is 0 Å². The first kappa shape index (κ1) is 13.9. The Morgan fingerprint density at radius 1 is 1.48 bits per heavy atom. The van der Waals surface area contributed by atoms with Crippen LogP contribution in [0.3, 0.4) is 0 Å². The lowest BCUT2D eigenvalue weighted by molar-refractivity contribution is 0.159. The van der Waals surface area contributed by atoms with Gasteiger partial charge < -0.3 is 14.4 Å². The number of hydrogen-bond acceptors (Lipinski definition) is 5. The molecule has 1 aliphatic rings. The van der Waals surface area contributed by atoms with Gasteiger partial charge in [0.15, 0.2) is 0 Å². The number of carbonyl (C=O) groups is 1. The normalized spacial score (nSPS) is 14.3. The van der Waals surface area contributed by atoms with Crippen LogP contribution in [0.4, 0.5) is 4.79 Å². The fourth-order valence-electron chi connectivity index (χ4n) is 2.20. The van der Waals surface area contributed by atoms with Gasteiger partial charge in [0, 0.05) is 23.9 Å². The Morgan fingerprint density at radius 3 is 3.14 bits per heavy atom. The number of carbonyl (C=O) groups excluding carboxylic acids is 1. The molecule has 0 atom stereocenters. The third-order valence-electron chi connectivity index (χ3n) is 3.36. The molecule has 1 aromatic heterocycles. The Labute approximate surface area is 127 Å². The van der Waals surface area contributed by atoms with E-state index in [1.807, 2.05) is 29.6 Å². The molecular formula is C15H16N2O3S. The highest BCUT2D eigenvalue weighted by molar-refractivity contribution is 7.09. The number of rotatable bonds is 5. The summed E-state index contributed by atoms with van der Waals surface area (Å²) in [5.41, 5.74) is 1.98. The first-order valence-electron chi connectivity index (χ1n) is 6.77. The molecule has 5 nitrogen and oxygen atoms in total. The van der Waals surface area contributed by atoms with E-state index in [4.69, 9.17) is 9.47 Å². The molecule has 1 amide bonds. The van der Waals surface area contributed by atoms with Gasteiger partial charge in [0.1, 0.15) is 12.4 Å². The second kappa shape index (κ2) is 6.13. The van der Waals surface area contributed by atoms with Gasteiger partial charge in [-0.2, -0.15) is 0 Å². The summed E-state index contributed by atoms with van der Waals surface area (Å²) in [7, 11) is 1.65. The summed E-state index contributed by atoms with van der Waals surface area (Å²) in [6.07, 6.45) is 0.531. The maximum atomic E-state index is 11.4. The number of benzene rings is 1. The molecule has 0 bridgehead atoms. The summed E-state index contributed by atoms with van der Waals surface area (Å²) >= 11 is 1.61. The van der Waals surface area contributed by atoms with Crippen LogP contribution in [0.25, 0.3) is 11.3 Å². The van der Waals surface area contributed by atoms with E-state index in [2.05, 4.69) is 4.98 Å². The standard InChI is InChI=1S/C15H16N2O3S/c1-19-12-4-2-3-11(9-12)13-10-21-14(16-13)5-6-17-7-8-20-15(17)18/h2-4,9-10H,5-8H2,1H3. The van der Waals surface area contributed by atoms with E-state index in [1.165, 1.54) is 0 Å². The molecule has 0 unspecified atom stereocenters. The number of cyclic esters (lactones) is 1. The van der Waals surface area contributed by atoms with Crippen molar-refractivity contribution in [2.75, 3.05) is 26.8 Å². The molecule has 2 aromatic rings. The third kappa shape index (κ3) is 3.16. The molecule has 0 spiro atoms. The van der Waals surface area contributed by atoms with Crippen LogP contribution in [0.2, 0.25) is 0 Å². The van der Waals surface area contributed by atoms with Crippen molar-refractivity contribution in [1.29, 1.82) is 0 Å². The molecule has 0 radical (unpaired) electrons. The smallest absolute Gasteiger partial charge is 0.409 e. The van der Waals surface area contributed by atoms with E-state index in [-0.39, 0.29) is 6.09 Å². The molecule has 0 aliphatic carbocycles. The van der Waals surface area contributed by atoms with E-state index in [9.17, 15) is 4.79 Å². The highest BCUT2D eigenvalue weighted by Gasteiger charge is 2.21. The van der Waals surface area contributed by atoms with Crippen LogP contribution in [0, 0.1) is 0 Å². The molecule has 1 aliphatic heterocycles. The first-order valence-corrected chi connectivity index (χ1v) is 7.65. The maximum Gasteiger partial charge on any atom is 0.409 e. The largest absolute Gasteiger partial charge is 0.497 e. The molecule has 21 heavy (non-hydrogen) atoms. The highest BCUT2D eigenvalue weighted by Crippen LogP contribution is 2.25. The Hall–Kier alpha value is -2.08. The molecule has 1 aromatic carbocycles. The summed E-state index contributed by atoms with van der Waals surface area (Å²) in [6, 6.07) is 7.85. The number of hydrogen-bond donors (Lipinski definition) is 0. The number of ether oxygens (including phenoxy) is 2. The van der Waals surface area contributed by atoms with E-state index in [0.29, 0.717) is 19.7 Å². The molecule has 1 saturated heterocycles. The minimum atomic E-state index is -0.223. The minimum absolute atomic E-state index is 0.223. The average Bonchev–Trinajstić information content (AvgIpc) is 3.14. The van der Waals surface area contributed by atoms with Gasteiger partial charge >= 0.3 is 6.09 Å². The quantitative estimate of drug-likeness (QED) is 0.852. The van der Waals surface area contributed by atoms with E-state index in [0.717, 1.165) is 28.4 Å². The second-order valence-corrected chi connectivity index (χ2v) is 5.65. The predicted octanol–water partition coefficient (Wildman–Crippen LogP) is 2.81. The molecule has 2 heterocycles. The molecule has 0 saturated carbocycles. The fourth-order valence-corrected chi connectivity index (χ4v) is 3.00. The Bertz CT molecular complexity index is 641. The predicted molar refractivity (Wildman–Crippen MR) is 80.7 cm³/mol. The van der Waals surface area contributed by atoms with E-state index >= 15 is 0 Å². The lowest BCUT2D eigenvalue weighted by Crippen LogP contribution is -2.26. The van der Waals surface area contributed by atoms with Crippen LogP contribution in [0.5, 0.6) is 5.75 Å². The molecule has 1 fully saturated rings. The van der Waals surface area contributed by atoms with Crippen molar-refractivity contribution < 1.29 is 14.3 Å². The van der Waals surface area contributed by atoms with Crippen molar-refractivity contribution in [3.05, 3.63) is 34.7 Å². The van der Waals surface area contributed by atoms with Gasteiger partial charge in [0.05, 0.1) is 24.4 Å². The van der Waals surface area contributed by atoms with Gasteiger partial charge in [0.25, 0.3) is 0 Å². The molecule has 6 heteroatoms. The monoisotopic (exact) mass is 304 g/mol. The number of nitrogens with zero attached hydrogens (tertiary/aromatic N) is 2.